The SMILES string of the molecule is CC1=NN([C@H](C#N)c2ccccc2)[C@H](c2ccccc2)C1. The minimum Gasteiger partial charge on any atom is -0.267 e. The van der Waals surface area contributed by atoms with Crippen LogP contribution < -0.4 is 0 Å². The smallest absolute Gasteiger partial charge is 0.159 e. The standard InChI is InChI=1S/C18H17N3/c1-14-12-17(15-8-4-2-5-9-15)21(20-14)18(13-19)16-10-6-3-7-11-16/h2-11,17-18H,12H2,1H3/t17-,18+/m0/s1. The van der Waals surface area contributed by atoms with Crippen LogP contribution in [0.25, 0.3) is 0 Å². The fraction of sp³-hybridized carbons (Fsp3) is 0.222. The number of rotatable bonds is 3. The molecule has 21 heavy (non-hydrogen) atoms. The molecule has 2 aromatic rings. The van der Waals surface area contributed by atoms with Gasteiger partial charge in [-0.1, -0.05) is 60.7 Å². The van der Waals surface area contributed by atoms with Crippen LogP contribution in [-0.4, -0.2) is 10.7 Å². The van der Waals surface area contributed by atoms with E-state index in [2.05, 4.69) is 23.3 Å². The van der Waals surface area contributed by atoms with Gasteiger partial charge in [0.15, 0.2) is 6.04 Å². The van der Waals surface area contributed by atoms with Crippen LogP contribution in [0.4, 0.5) is 0 Å². The third-order valence-electron chi connectivity index (χ3n) is 3.78. The zero-order valence-electron chi connectivity index (χ0n) is 12.0. The van der Waals surface area contributed by atoms with Crippen LogP contribution in [0, 0.1) is 11.3 Å². The Kier molecular flexibility index (Phi) is 3.70. The molecular formula is C18H17N3. The molecule has 104 valence electrons. The molecule has 0 radical (unpaired) electrons. The lowest BCUT2D eigenvalue weighted by Gasteiger charge is -2.28. The van der Waals surface area contributed by atoms with E-state index in [1.54, 1.807) is 0 Å². The van der Waals surface area contributed by atoms with Crippen LogP contribution in [0.2, 0.25) is 0 Å². The summed E-state index contributed by atoms with van der Waals surface area (Å²) in [6.45, 7) is 2.02. The highest BCUT2D eigenvalue weighted by Crippen LogP contribution is 2.37. The van der Waals surface area contributed by atoms with E-state index in [0.29, 0.717) is 0 Å². The van der Waals surface area contributed by atoms with Crippen molar-refractivity contribution in [3.8, 4) is 6.07 Å². The lowest BCUT2D eigenvalue weighted by molar-refractivity contribution is 0.196. The van der Waals surface area contributed by atoms with Gasteiger partial charge in [0.05, 0.1) is 12.1 Å². The third-order valence-corrected chi connectivity index (χ3v) is 3.78. The number of hydrogen-bond acceptors (Lipinski definition) is 3. The summed E-state index contributed by atoms with van der Waals surface area (Å²) in [5.74, 6) is 0. The van der Waals surface area contributed by atoms with Crippen molar-refractivity contribution in [2.45, 2.75) is 25.4 Å². The molecule has 0 aromatic heterocycles. The predicted octanol–water partition coefficient (Wildman–Crippen LogP) is 4.07. The van der Waals surface area contributed by atoms with Gasteiger partial charge >= 0.3 is 0 Å². The van der Waals surface area contributed by atoms with E-state index in [4.69, 9.17) is 0 Å². The van der Waals surface area contributed by atoms with Crippen molar-refractivity contribution in [2.75, 3.05) is 0 Å². The number of nitrogens with zero attached hydrogens (tertiary/aromatic N) is 3. The molecule has 2 aromatic carbocycles. The zero-order chi connectivity index (χ0) is 14.7. The lowest BCUT2D eigenvalue weighted by Crippen LogP contribution is -2.24. The highest BCUT2D eigenvalue weighted by atomic mass is 15.5. The Hall–Kier alpha value is -2.60. The van der Waals surface area contributed by atoms with Crippen molar-refractivity contribution in [1.82, 2.24) is 5.01 Å². The molecule has 3 rings (SSSR count). The van der Waals surface area contributed by atoms with Gasteiger partial charge in [-0.05, 0) is 18.1 Å². The van der Waals surface area contributed by atoms with E-state index in [1.165, 1.54) is 5.56 Å². The van der Waals surface area contributed by atoms with E-state index < -0.39 is 0 Å². The van der Waals surface area contributed by atoms with E-state index in [1.807, 2.05) is 60.5 Å². The number of nitriles is 1. The molecule has 0 unspecified atom stereocenters. The van der Waals surface area contributed by atoms with Gasteiger partial charge in [-0.3, -0.25) is 5.01 Å². The summed E-state index contributed by atoms with van der Waals surface area (Å²) in [5.41, 5.74) is 3.26. The average molecular weight is 275 g/mol. The van der Waals surface area contributed by atoms with Crippen LogP contribution >= 0.6 is 0 Å². The molecule has 3 nitrogen and oxygen atoms in total. The summed E-state index contributed by atoms with van der Waals surface area (Å²) in [7, 11) is 0. The second-order valence-corrected chi connectivity index (χ2v) is 5.29. The van der Waals surface area contributed by atoms with E-state index >= 15 is 0 Å². The number of hydrazone groups is 1. The highest BCUT2D eigenvalue weighted by Gasteiger charge is 2.32. The van der Waals surface area contributed by atoms with Crippen LogP contribution in [0.3, 0.4) is 0 Å². The molecular weight excluding hydrogens is 258 g/mol. The maximum absolute atomic E-state index is 9.63. The van der Waals surface area contributed by atoms with Crippen molar-refractivity contribution in [3.05, 3.63) is 71.8 Å². The van der Waals surface area contributed by atoms with Gasteiger partial charge in [0.25, 0.3) is 0 Å². The van der Waals surface area contributed by atoms with Gasteiger partial charge in [0.2, 0.25) is 0 Å². The second-order valence-electron chi connectivity index (χ2n) is 5.29. The Balaban J connectivity index is 1.96. The van der Waals surface area contributed by atoms with Gasteiger partial charge < -0.3 is 0 Å². The summed E-state index contributed by atoms with van der Waals surface area (Å²) in [4.78, 5) is 0. The molecule has 1 aliphatic rings. The molecule has 0 bridgehead atoms. The minimum absolute atomic E-state index is 0.135. The Morgan fingerprint density at radius 1 is 1.10 bits per heavy atom. The first-order valence-electron chi connectivity index (χ1n) is 7.11. The molecule has 0 N–H and O–H groups in total. The molecule has 0 amide bonds. The maximum Gasteiger partial charge on any atom is 0.159 e. The first kappa shape index (κ1) is 13.4. The quantitative estimate of drug-likeness (QED) is 0.847. The topological polar surface area (TPSA) is 39.4 Å². The van der Waals surface area contributed by atoms with Crippen LogP contribution in [-0.2, 0) is 0 Å². The maximum atomic E-state index is 9.63. The summed E-state index contributed by atoms with van der Waals surface area (Å²) in [6.07, 6.45) is 0.870. The number of hydrogen-bond donors (Lipinski definition) is 0. The summed E-state index contributed by atoms with van der Waals surface area (Å²) in [6, 6.07) is 22.3. The van der Waals surface area contributed by atoms with E-state index in [9.17, 15) is 5.26 Å². The molecule has 3 heteroatoms. The summed E-state index contributed by atoms with van der Waals surface area (Å²) >= 11 is 0. The molecule has 1 aliphatic heterocycles. The molecule has 0 saturated carbocycles. The van der Waals surface area contributed by atoms with Gasteiger partial charge in [0, 0.05) is 12.1 Å². The van der Waals surface area contributed by atoms with Crippen LogP contribution in [0.5, 0.6) is 0 Å². The summed E-state index contributed by atoms with van der Waals surface area (Å²) < 4.78 is 0. The molecule has 0 fully saturated rings. The molecule has 0 saturated heterocycles. The average Bonchev–Trinajstić information content (AvgIpc) is 2.92. The first-order chi connectivity index (χ1) is 10.3. The Bertz CT molecular complexity index is 671. The van der Waals surface area contributed by atoms with Crippen molar-refractivity contribution in [1.29, 1.82) is 5.26 Å². The van der Waals surface area contributed by atoms with E-state index in [-0.39, 0.29) is 12.1 Å². The lowest BCUT2D eigenvalue weighted by atomic mass is 9.99. The largest absolute Gasteiger partial charge is 0.267 e. The molecule has 0 spiro atoms. The van der Waals surface area contributed by atoms with Crippen molar-refractivity contribution < 1.29 is 0 Å². The summed E-state index contributed by atoms with van der Waals surface area (Å²) in [5, 5.41) is 16.2. The van der Waals surface area contributed by atoms with Gasteiger partial charge in [0.1, 0.15) is 0 Å². The third kappa shape index (κ3) is 2.66. The second kappa shape index (κ2) is 5.80. The van der Waals surface area contributed by atoms with Gasteiger partial charge in [-0.25, -0.2) is 0 Å². The Morgan fingerprint density at radius 3 is 2.33 bits per heavy atom. The number of benzene rings is 2. The fourth-order valence-corrected chi connectivity index (χ4v) is 2.79. The van der Waals surface area contributed by atoms with Crippen molar-refractivity contribution in [3.63, 3.8) is 0 Å². The van der Waals surface area contributed by atoms with Crippen LogP contribution in [0.15, 0.2) is 65.8 Å². The predicted molar refractivity (Wildman–Crippen MR) is 83.5 cm³/mol. The van der Waals surface area contributed by atoms with Gasteiger partial charge in [-0.15, -0.1) is 0 Å². The monoisotopic (exact) mass is 275 g/mol. The Morgan fingerprint density at radius 2 is 1.71 bits per heavy atom. The fourth-order valence-electron chi connectivity index (χ4n) is 2.79. The molecule has 0 aliphatic carbocycles. The molecule has 2 atom stereocenters. The normalized spacial score (nSPS) is 19.0. The first-order valence-corrected chi connectivity index (χ1v) is 7.11. The Labute approximate surface area is 125 Å². The van der Waals surface area contributed by atoms with E-state index in [0.717, 1.165) is 17.7 Å². The van der Waals surface area contributed by atoms with Crippen molar-refractivity contribution in [2.24, 2.45) is 5.10 Å². The molecule has 1 heterocycles. The van der Waals surface area contributed by atoms with Crippen LogP contribution in [0.1, 0.15) is 36.6 Å². The van der Waals surface area contributed by atoms with Crippen molar-refractivity contribution >= 4 is 5.71 Å². The van der Waals surface area contributed by atoms with Gasteiger partial charge in [-0.2, -0.15) is 10.4 Å². The minimum atomic E-state index is -0.353. The highest BCUT2D eigenvalue weighted by molar-refractivity contribution is 5.84. The zero-order valence-corrected chi connectivity index (χ0v) is 12.0.